The van der Waals surface area contributed by atoms with Gasteiger partial charge in [-0.3, -0.25) is 4.79 Å². The van der Waals surface area contributed by atoms with E-state index in [0.717, 1.165) is 13.0 Å². The minimum Gasteiger partial charge on any atom is -0.466 e. The Morgan fingerprint density at radius 2 is 2.33 bits per heavy atom. The first-order chi connectivity index (χ1) is 7.26. The molecule has 0 aromatic rings. The summed E-state index contributed by atoms with van der Waals surface area (Å²) in [6.07, 6.45) is 1.05. The van der Waals surface area contributed by atoms with Crippen LogP contribution in [-0.2, 0) is 23.7 Å². The number of methoxy groups -OCH3 is 1. The van der Waals surface area contributed by atoms with Crippen LogP contribution in [0.4, 0.5) is 0 Å². The summed E-state index contributed by atoms with van der Waals surface area (Å²) in [6, 6.07) is 0. The number of hydrogen-bond acceptors (Lipinski definition) is 5. The molecule has 1 heterocycles. The van der Waals surface area contributed by atoms with E-state index in [1.54, 1.807) is 14.0 Å². The summed E-state index contributed by atoms with van der Waals surface area (Å²) in [5.74, 6) is -0.237. The van der Waals surface area contributed by atoms with Gasteiger partial charge in [0.15, 0.2) is 0 Å². The van der Waals surface area contributed by atoms with Gasteiger partial charge in [-0.05, 0) is 6.92 Å². The summed E-state index contributed by atoms with van der Waals surface area (Å²) < 4.78 is 20.1. The summed E-state index contributed by atoms with van der Waals surface area (Å²) in [5, 5.41) is 0. The van der Waals surface area contributed by atoms with Crippen molar-refractivity contribution in [2.75, 3.05) is 27.1 Å². The van der Waals surface area contributed by atoms with Crippen molar-refractivity contribution in [3.8, 4) is 0 Å². The molecule has 0 unspecified atom stereocenters. The van der Waals surface area contributed by atoms with E-state index in [9.17, 15) is 4.79 Å². The van der Waals surface area contributed by atoms with E-state index in [1.165, 1.54) is 0 Å². The maximum absolute atomic E-state index is 11.2. The van der Waals surface area contributed by atoms with Crippen molar-refractivity contribution in [3.05, 3.63) is 0 Å². The molecule has 0 aliphatic carbocycles. The van der Waals surface area contributed by atoms with Crippen molar-refractivity contribution in [1.82, 2.24) is 0 Å². The second-order valence-electron chi connectivity index (χ2n) is 3.40. The van der Waals surface area contributed by atoms with Gasteiger partial charge in [0.25, 0.3) is 0 Å². The van der Waals surface area contributed by atoms with E-state index < -0.39 is 0 Å². The van der Waals surface area contributed by atoms with E-state index in [2.05, 4.69) is 0 Å². The second kappa shape index (κ2) is 6.76. The molecule has 15 heavy (non-hydrogen) atoms. The molecular weight excluding hydrogens is 200 g/mol. The summed E-state index contributed by atoms with van der Waals surface area (Å²) in [5.41, 5.74) is 0. The molecule has 0 radical (unpaired) electrons. The van der Waals surface area contributed by atoms with Crippen LogP contribution in [-0.4, -0.2) is 45.3 Å². The predicted molar refractivity (Wildman–Crippen MR) is 52.4 cm³/mol. The van der Waals surface area contributed by atoms with Crippen LogP contribution in [0, 0.1) is 0 Å². The lowest BCUT2D eigenvalue weighted by Crippen LogP contribution is -2.22. The smallest absolute Gasteiger partial charge is 0.308 e. The van der Waals surface area contributed by atoms with Crippen LogP contribution < -0.4 is 0 Å². The van der Waals surface area contributed by atoms with Gasteiger partial charge in [0.05, 0.1) is 31.8 Å². The van der Waals surface area contributed by atoms with Crippen molar-refractivity contribution in [1.29, 1.82) is 0 Å². The van der Waals surface area contributed by atoms with Gasteiger partial charge in [-0.1, -0.05) is 0 Å². The zero-order valence-corrected chi connectivity index (χ0v) is 9.23. The van der Waals surface area contributed by atoms with Gasteiger partial charge in [0.2, 0.25) is 0 Å². The molecule has 1 saturated heterocycles. The van der Waals surface area contributed by atoms with Crippen LogP contribution in [0.2, 0.25) is 0 Å². The van der Waals surface area contributed by atoms with Crippen LogP contribution in [0.1, 0.15) is 19.8 Å². The molecule has 0 saturated carbocycles. The molecule has 0 bridgehead atoms. The number of epoxide rings is 1. The molecule has 0 amide bonds. The van der Waals surface area contributed by atoms with Crippen LogP contribution in [0.15, 0.2) is 0 Å². The molecule has 5 heteroatoms. The molecule has 0 aromatic heterocycles. The quantitative estimate of drug-likeness (QED) is 0.341. The zero-order valence-electron chi connectivity index (χ0n) is 9.23. The number of carbonyl (C=O) groups is 1. The summed E-state index contributed by atoms with van der Waals surface area (Å²) in [6.45, 7) is 3.13. The van der Waals surface area contributed by atoms with E-state index >= 15 is 0 Å². The standard InChI is InChI=1S/C10H18O5/c1-3-13-10(11)5-8(15-7-12-2)4-9-6-14-9/h8-9H,3-7H2,1-2H3/t8-,9+/m1/s1. The predicted octanol–water partition coefficient (Wildman–Crippen LogP) is 0.718. The molecule has 0 aromatic carbocycles. The number of ether oxygens (including phenoxy) is 4. The van der Waals surface area contributed by atoms with Crippen molar-refractivity contribution >= 4 is 5.97 Å². The van der Waals surface area contributed by atoms with E-state index in [-0.39, 0.29) is 31.4 Å². The third kappa shape index (κ3) is 5.71. The first kappa shape index (κ1) is 12.4. The van der Waals surface area contributed by atoms with Crippen molar-refractivity contribution in [2.24, 2.45) is 0 Å². The molecule has 1 aliphatic rings. The molecule has 1 rings (SSSR count). The average molecular weight is 218 g/mol. The van der Waals surface area contributed by atoms with Gasteiger partial charge in [-0.15, -0.1) is 0 Å². The second-order valence-corrected chi connectivity index (χ2v) is 3.40. The first-order valence-corrected chi connectivity index (χ1v) is 5.14. The van der Waals surface area contributed by atoms with Crippen LogP contribution in [0.3, 0.4) is 0 Å². The largest absolute Gasteiger partial charge is 0.466 e. The zero-order chi connectivity index (χ0) is 11.1. The Bertz CT molecular complexity index is 190. The summed E-state index contributed by atoms with van der Waals surface area (Å²) in [7, 11) is 1.55. The lowest BCUT2D eigenvalue weighted by molar-refractivity contribution is -0.149. The lowest BCUT2D eigenvalue weighted by Gasteiger charge is -2.15. The van der Waals surface area contributed by atoms with Crippen LogP contribution in [0.25, 0.3) is 0 Å². The maximum Gasteiger partial charge on any atom is 0.308 e. The normalized spacial score (nSPS) is 21.1. The monoisotopic (exact) mass is 218 g/mol. The Kier molecular flexibility index (Phi) is 5.60. The fourth-order valence-corrected chi connectivity index (χ4v) is 1.28. The number of hydrogen-bond donors (Lipinski definition) is 0. The van der Waals surface area contributed by atoms with E-state index in [4.69, 9.17) is 18.9 Å². The first-order valence-electron chi connectivity index (χ1n) is 5.14. The molecule has 88 valence electrons. The Morgan fingerprint density at radius 3 is 2.87 bits per heavy atom. The molecule has 0 N–H and O–H groups in total. The van der Waals surface area contributed by atoms with Gasteiger partial charge < -0.3 is 18.9 Å². The highest BCUT2D eigenvalue weighted by molar-refractivity contribution is 5.69. The number of carbonyl (C=O) groups excluding carboxylic acids is 1. The molecule has 1 fully saturated rings. The fraction of sp³-hybridized carbons (Fsp3) is 0.900. The number of rotatable bonds is 8. The maximum atomic E-state index is 11.2. The SMILES string of the molecule is CCOC(=O)C[C@@H](C[C@H]1CO1)OCOC. The lowest BCUT2D eigenvalue weighted by atomic mass is 10.1. The molecular formula is C10H18O5. The minimum atomic E-state index is -0.237. The van der Waals surface area contributed by atoms with E-state index in [1.807, 2.05) is 0 Å². The molecule has 0 spiro atoms. The van der Waals surface area contributed by atoms with Crippen LogP contribution in [0.5, 0.6) is 0 Å². The third-order valence-corrected chi connectivity index (χ3v) is 2.05. The highest BCUT2D eigenvalue weighted by atomic mass is 16.7. The average Bonchev–Trinajstić information content (AvgIpc) is 2.98. The van der Waals surface area contributed by atoms with Gasteiger partial charge in [-0.2, -0.15) is 0 Å². The van der Waals surface area contributed by atoms with Gasteiger partial charge in [0.1, 0.15) is 6.79 Å². The minimum absolute atomic E-state index is 0.170. The van der Waals surface area contributed by atoms with Gasteiger partial charge >= 0.3 is 5.97 Å². The topological polar surface area (TPSA) is 57.3 Å². The molecule has 1 aliphatic heterocycles. The van der Waals surface area contributed by atoms with Crippen molar-refractivity contribution < 1.29 is 23.7 Å². The van der Waals surface area contributed by atoms with Crippen molar-refractivity contribution in [2.45, 2.75) is 32.0 Å². The van der Waals surface area contributed by atoms with Crippen molar-refractivity contribution in [3.63, 3.8) is 0 Å². The molecule has 5 nitrogen and oxygen atoms in total. The Hall–Kier alpha value is -0.650. The highest BCUT2D eigenvalue weighted by Crippen LogP contribution is 2.19. The summed E-state index contributed by atoms with van der Waals surface area (Å²) >= 11 is 0. The van der Waals surface area contributed by atoms with E-state index in [0.29, 0.717) is 6.61 Å². The highest BCUT2D eigenvalue weighted by Gasteiger charge is 2.28. The fourth-order valence-electron chi connectivity index (χ4n) is 1.28. The van der Waals surface area contributed by atoms with Gasteiger partial charge in [0, 0.05) is 13.5 Å². The Labute approximate surface area is 89.6 Å². The number of esters is 1. The summed E-state index contributed by atoms with van der Waals surface area (Å²) in [4.78, 5) is 11.2. The molecule has 2 atom stereocenters. The van der Waals surface area contributed by atoms with Gasteiger partial charge in [-0.25, -0.2) is 0 Å². The Balaban J connectivity index is 2.22. The van der Waals surface area contributed by atoms with Crippen LogP contribution >= 0.6 is 0 Å². The third-order valence-electron chi connectivity index (χ3n) is 2.05. The Morgan fingerprint density at radius 1 is 1.60 bits per heavy atom.